The van der Waals surface area contributed by atoms with Crippen LogP contribution in [0.4, 0.5) is 0 Å². The largest absolute Gasteiger partial charge is 0.341 e. The van der Waals surface area contributed by atoms with Gasteiger partial charge in [-0.15, -0.1) is 0 Å². The molecule has 0 spiro atoms. The Labute approximate surface area is 118 Å². The van der Waals surface area contributed by atoms with Gasteiger partial charge in [0.2, 0.25) is 0 Å². The van der Waals surface area contributed by atoms with Crippen molar-refractivity contribution in [2.24, 2.45) is 5.92 Å². The van der Waals surface area contributed by atoms with Gasteiger partial charge < -0.3 is 4.90 Å². The number of rotatable bonds is 3. The van der Waals surface area contributed by atoms with E-state index in [1.54, 1.807) is 36.2 Å². The summed E-state index contributed by atoms with van der Waals surface area (Å²) < 4.78 is 22.8. The van der Waals surface area contributed by atoms with Crippen LogP contribution in [0.5, 0.6) is 0 Å². The third-order valence-corrected chi connectivity index (χ3v) is 5.35. The molecule has 1 heterocycles. The quantitative estimate of drug-likeness (QED) is 0.856. The molecule has 1 saturated heterocycles. The molecular weight excluding hydrogens is 286 g/mol. The molecule has 104 valence electrons. The van der Waals surface area contributed by atoms with Crippen LogP contribution in [-0.2, 0) is 9.84 Å². The molecule has 6 heteroatoms. The number of halogens is 1. The van der Waals surface area contributed by atoms with E-state index in [-0.39, 0.29) is 23.3 Å². The van der Waals surface area contributed by atoms with Crippen LogP contribution < -0.4 is 0 Å². The average molecular weight is 302 g/mol. The molecule has 0 unspecified atom stereocenters. The summed E-state index contributed by atoms with van der Waals surface area (Å²) in [6.45, 7) is 0.463. The van der Waals surface area contributed by atoms with Crippen molar-refractivity contribution in [2.45, 2.75) is 6.42 Å². The van der Waals surface area contributed by atoms with Gasteiger partial charge in [0.15, 0.2) is 9.84 Å². The molecule has 0 bridgehead atoms. The third-order valence-electron chi connectivity index (χ3n) is 3.28. The van der Waals surface area contributed by atoms with Gasteiger partial charge >= 0.3 is 0 Å². The SMILES string of the molecule is CN(C[C@@H]1CCS(=O)(=O)C1)C(=O)c1cccc(Cl)c1. The number of hydrogen-bond donors (Lipinski definition) is 0. The highest BCUT2D eigenvalue weighted by Crippen LogP contribution is 2.20. The highest BCUT2D eigenvalue weighted by atomic mass is 35.5. The Hall–Kier alpha value is -1.07. The summed E-state index contributed by atoms with van der Waals surface area (Å²) in [6, 6.07) is 6.76. The average Bonchev–Trinajstić information content (AvgIpc) is 2.67. The predicted octanol–water partition coefficient (Wildman–Crippen LogP) is 1.85. The maximum absolute atomic E-state index is 12.2. The molecule has 2 rings (SSSR count). The minimum Gasteiger partial charge on any atom is -0.341 e. The second kappa shape index (κ2) is 5.51. The lowest BCUT2D eigenvalue weighted by atomic mass is 10.1. The number of nitrogens with zero attached hydrogens (tertiary/aromatic N) is 1. The molecular formula is C13H16ClNO3S. The molecule has 4 nitrogen and oxygen atoms in total. The van der Waals surface area contributed by atoms with E-state index in [9.17, 15) is 13.2 Å². The number of hydrogen-bond acceptors (Lipinski definition) is 3. The van der Waals surface area contributed by atoms with Gasteiger partial charge in [-0.2, -0.15) is 0 Å². The first-order chi connectivity index (χ1) is 8.87. The summed E-state index contributed by atoms with van der Waals surface area (Å²) in [6.07, 6.45) is 0.634. The molecule has 0 N–H and O–H groups in total. The van der Waals surface area contributed by atoms with Crippen LogP contribution in [0.2, 0.25) is 5.02 Å². The number of carbonyl (C=O) groups excluding carboxylic acids is 1. The summed E-state index contributed by atoms with van der Waals surface area (Å²) in [5, 5.41) is 0.516. The fourth-order valence-electron chi connectivity index (χ4n) is 2.33. The predicted molar refractivity (Wildman–Crippen MR) is 75.2 cm³/mol. The van der Waals surface area contributed by atoms with E-state index in [2.05, 4.69) is 0 Å². The van der Waals surface area contributed by atoms with Gasteiger partial charge in [0, 0.05) is 24.2 Å². The monoisotopic (exact) mass is 301 g/mol. The third kappa shape index (κ3) is 3.70. The Kier molecular flexibility index (Phi) is 4.16. The van der Waals surface area contributed by atoms with Crippen LogP contribution in [0.15, 0.2) is 24.3 Å². The van der Waals surface area contributed by atoms with Gasteiger partial charge in [0.1, 0.15) is 0 Å². The number of amides is 1. The fourth-order valence-corrected chi connectivity index (χ4v) is 4.37. The molecule has 1 atom stereocenters. The van der Waals surface area contributed by atoms with Gasteiger partial charge in [0.05, 0.1) is 11.5 Å². The fraction of sp³-hybridized carbons (Fsp3) is 0.462. The van der Waals surface area contributed by atoms with E-state index in [4.69, 9.17) is 11.6 Å². The summed E-state index contributed by atoms with van der Waals surface area (Å²) in [4.78, 5) is 13.7. The van der Waals surface area contributed by atoms with Gasteiger partial charge in [-0.3, -0.25) is 4.79 Å². The summed E-state index contributed by atoms with van der Waals surface area (Å²) in [5.74, 6) is 0.321. The van der Waals surface area contributed by atoms with E-state index in [0.29, 0.717) is 23.6 Å². The van der Waals surface area contributed by atoms with Crippen molar-refractivity contribution in [1.82, 2.24) is 4.90 Å². The van der Waals surface area contributed by atoms with E-state index in [1.165, 1.54) is 0 Å². The molecule has 0 radical (unpaired) electrons. The highest BCUT2D eigenvalue weighted by molar-refractivity contribution is 7.91. The first-order valence-corrected chi connectivity index (χ1v) is 8.29. The molecule has 0 aliphatic carbocycles. The Balaban J connectivity index is 2.00. The Morgan fingerprint density at radius 3 is 2.79 bits per heavy atom. The molecule has 0 saturated carbocycles. The van der Waals surface area contributed by atoms with Crippen molar-refractivity contribution in [3.05, 3.63) is 34.9 Å². The summed E-state index contributed by atoms with van der Waals surface area (Å²) in [5.41, 5.74) is 0.524. The van der Waals surface area contributed by atoms with Crippen LogP contribution >= 0.6 is 11.6 Å². The zero-order valence-electron chi connectivity index (χ0n) is 10.7. The van der Waals surface area contributed by atoms with Crippen molar-refractivity contribution in [3.63, 3.8) is 0 Å². The van der Waals surface area contributed by atoms with Crippen molar-refractivity contribution in [1.29, 1.82) is 0 Å². The lowest BCUT2D eigenvalue weighted by molar-refractivity contribution is 0.0777. The molecule has 1 aromatic rings. The molecule has 1 aliphatic rings. The van der Waals surface area contributed by atoms with Crippen molar-refractivity contribution >= 4 is 27.3 Å². The van der Waals surface area contributed by atoms with Crippen LogP contribution in [-0.4, -0.2) is 44.3 Å². The Bertz CT molecular complexity index is 585. The van der Waals surface area contributed by atoms with Crippen LogP contribution in [0.3, 0.4) is 0 Å². The normalized spacial score (nSPS) is 21.3. The van der Waals surface area contributed by atoms with Gasteiger partial charge in [-0.25, -0.2) is 8.42 Å². The summed E-state index contributed by atoms with van der Waals surface area (Å²) in [7, 11) is -1.21. The van der Waals surface area contributed by atoms with E-state index in [0.717, 1.165) is 0 Å². The topological polar surface area (TPSA) is 54.5 Å². The van der Waals surface area contributed by atoms with Gasteiger partial charge in [0.25, 0.3) is 5.91 Å². The van der Waals surface area contributed by atoms with E-state index in [1.807, 2.05) is 0 Å². The van der Waals surface area contributed by atoms with Crippen LogP contribution in [0, 0.1) is 5.92 Å². The maximum atomic E-state index is 12.2. The van der Waals surface area contributed by atoms with Crippen LogP contribution in [0.1, 0.15) is 16.8 Å². The minimum absolute atomic E-state index is 0.0399. The van der Waals surface area contributed by atoms with E-state index < -0.39 is 9.84 Å². The smallest absolute Gasteiger partial charge is 0.253 e. The first-order valence-electron chi connectivity index (χ1n) is 6.09. The summed E-state index contributed by atoms with van der Waals surface area (Å²) >= 11 is 5.85. The highest BCUT2D eigenvalue weighted by Gasteiger charge is 2.29. The lowest BCUT2D eigenvalue weighted by Crippen LogP contribution is -2.32. The van der Waals surface area contributed by atoms with Gasteiger partial charge in [-0.05, 0) is 30.5 Å². The maximum Gasteiger partial charge on any atom is 0.253 e. The van der Waals surface area contributed by atoms with Crippen LogP contribution in [0.25, 0.3) is 0 Å². The zero-order valence-corrected chi connectivity index (χ0v) is 12.2. The molecule has 19 heavy (non-hydrogen) atoms. The lowest BCUT2D eigenvalue weighted by Gasteiger charge is -2.20. The molecule has 0 aromatic heterocycles. The standard InChI is InChI=1S/C13H16ClNO3S/c1-15(8-10-5-6-19(17,18)9-10)13(16)11-3-2-4-12(14)7-11/h2-4,7,10H,5-6,8-9H2,1H3/t10-/m0/s1. The van der Waals surface area contributed by atoms with Crippen molar-refractivity contribution < 1.29 is 13.2 Å². The molecule has 1 amide bonds. The molecule has 1 fully saturated rings. The minimum atomic E-state index is -2.90. The molecule has 1 aromatic carbocycles. The second-order valence-corrected chi connectivity index (χ2v) is 7.63. The number of benzene rings is 1. The van der Waals surface area contributed by atoms with Gasteiger partial charge in [-0.1, -0.05) is 17.7 Å². The van der Waals surface area contributed by atoms with Crippen molar-refractivity contribution in [2.75, 3.05) is 25.1 Å². The van der Waals surface area contributed by atoms with Crippen molar-refractivity contribution in [3.8, 4) is 0 Å². The number of carbonyl (C=O) groups is 1. The Morgan fingerprint density at radius 1 is 1.47 bits per heavy atom. The first kappa shape index (κ1) is 14.3. The second-order valence-electron chi connectivity index (χ2n) is 4.97. The molecule has 1 aliphatic heterocycles. The number of sulfone groups is 1. The Morgan fingerprint density at radius 2 is 2.21 bits per heavy atom. The zero-order chi connectivity index (χ0) is 14.0. The van der Waals surface area contributed by atoms with E-state index >= 15 is 0 Å².